The summed E-state index contributed by atoms with van der Waals surface area (Å²) in [6, 6.07) is 14.5. The van der Waals surface area contributed by atoms with Gasteiger partial charge in [0.05, 0.1) is 13.7 Å². The Morgan fingerprint density at radius 2 is 1.83 bits per heavy atom. The lowest BCUT2D eigenvalue weighted by atomic mass is 9.81. The van der Waals surface area contributed by atoms with Crippen LogP contribution in [0.25, 0.3) is 0 Å². The van der Waals surface area contributed by atoms with Crippen LogP contribution < -0.4 is 14.8 Å². The van der Waals surface area contributed by atoms with Gasteiger partial charge in [0, 0.05) is 30.8 Å². The van der Waals surface area contributed by atoms with E-state index in [1.807, 2.05) is 12.1 Å². The molecule has 30 heavy (non-hydrogen) atoms. The van der Waals surface area contributed by atoms with E-state index in [-0.39, 0.29) is 0 Å². The van der Waals surface area contributed by atoms with Crippen LogP contribution in [0.5, 0.6) is 11.6 Å². The quantitative estimate of drug-likeness (QED) is 0.592. The molecule has 0 aliphatic carbocycles. The molecule has 0 unspecified atom stereocenters. The number of carboxylic acids is 2. The highest BCUT2D eigenvalue weighted by molar-refractivity contribution is 5.89. The third kappa shape index (κ3) is 7.56. The first-order valence-corrected chi connectivity index (χ1v) is 9.52. The van der Waals surface area contributed by atoms with Gasteiger partial charge in [0.2, 0.25) is 0 Å². The molecule has 1 fully saturated rings. The number of ether oxygens (including phenoxy) is 2. The molecule has 0 spiro atoms. The van der Waals surface area contributed by atoms with Crippen LogP contribution in [-0.2, 0) is 9.59 Å². The minimum Gasteiger partial charge on any atom is -0.488 e. The van der Waals surface area contributed by atoms with Crippen LogP contribution in [0.15, 0.2) is 60.8 Å². The van der Waals surface area contributed by atoms with Crippen molar-refractivity contribution >= 4 is 11.9 Å². The second kappa shape index (κ2) is 12.2. The fourth-order valence-electron chi connectivity index (χ4n) is 3.22. The van der Waals surface area contributed by atoms with E-state index in [1.54, 1.807) is 13.3 Å². The SMILES string of the molecule is COc1ncccc1OC[C@H]1CNCC[C@@H]1c1ccccc1.O=C(O)/C=C/C(=O)O. The standard InChI is InChI=1S/C18H22N2O2.C4H4O4/c1-21-18-17(8-5-10-20-18)22-13-15-12-19-11-9-16(15)14-6-3-2-4-7-14;5-3(6)1-2-4(7)8/h2-8,10,15-16,19H,9,11-13H2,1H3;1-2H,(H,5,6)(H,7,8)/b;2-1+/t15-,16-;/m1./s1. The van der Waals surface area contributed by atoms with Gasteiger partial charge in [-0.2, -0.15) is 0 Å². The number of nitrogens with zero attached hydrogens (tertiary/aromatic N) is 1. The normalized spacial score (nSPS) is 18.2. The van der Waals surface area contributed by atoms with Crippen molar-refractivity contribution in [2.75, 3.05) is 26.8 Å². The van der Waals surface area contributed by atoms with Gasteiger partial charge in [-0.3, -0.25) is 0 Å². The maximum absolute atomic E-state index is 9.55. The highest BCUT2D eigenvalue weighted by Gasteiger charge is 2.27. The fraction of sp³-hybridized carbons (Fsp3) is 0.318. The van der Waals surface area contributed by atoms with Crippen molar-refractivity contribution in [3.8, 4) is 11.6 Å². The van der Waals surface area contributed by atoms with E-state index in [9.17, 15) is 9.59 Å². The molecule has 1 saturated heterocycles. The van der Waals surface area contributed by atoms with E-state index in [0.29, 0.717) is 42.2 Å². The molecule has 0 bridgehead atoms. The van der Waals surface area contributed by atoms with Crippen molar-refractivity contribution in [1.29, 1.82) is 0 Å². The summed E-state index contributed by atoms with van der Waals surface area (Å²) < 4.78 is 11.2. The minimum absolute atomic E-state index is 0.445. The van der Waals surface area contributed by atoms with Gasteiger partial charge in [0.25, 0.3) is 5.88 Å². The maximum atomic E-state index is 9.55. The predicted molar refractivity (Wildman–Crippen MR) is 111 cm³/mol. The Kier molecular flexibility index (Phi) is 9.33. The third-order valence-electron chi connectivity index (χ3n) is 4.59. The van der Waals surface area contributed by atoms with E-state index >= 15 is 0 Å². The molecule has 160 valence electrons. The fourth-order valence-corrected chi connectivity index (χ4v) is 3.22. The Morgan fingerprint density at radius 3 is 2.47 bits per heavy atom. The highest BCUT2D eigenvalue weighted by Crippen LogP contribution is 2.32. The Labute approximate surface area is 175 Å². The highest BCUT2D eigenvalue weighted by atomic mass is 16.5. The largest absolute Gasteiger partial charge is 0.488 e. The number of pyridine rings is 1. The molecule has 3 rings (SSSR count). The summed E-state index contributed by atoms with van der Waals surface area (Å²) in [5.74, 6) is -0.282. The zero-order valence-electron chi connectivity index (χ0n) is 16.7. The average molecular weight is 414 g/mol. The smallest absolute Gasteiger partial charge is 0.328 e. The summed E-state index contributed by atoms with van der Waals surface area (Å²) >= 11 is 0. The molecule has 2 atom stereocenters. The van der Waals surface area contributed by atoms with Crippen LogP contribution in [0.2, 0.25) is 0 Å². The molecule has 2 aromatic rings. The molecule has 1 aromatic heterocycles. The number of benzene rings is 1. The topological polar surface area (TPSA) is 118 Å². The number of methoxy groups -OCH3 is 1. The number of aliphatic carboxylic acids is 2. The molecule has 1 aliphatic rings. The molecule has 3 N–H and O–H groups in total. The second-order valence-electron chi connectivity index (χ2n) is 6.60. The van der Waals surface area contributed by atoms with Crippen LogP contribution in [-0.4, -0.2) is 53.9 Å². The van der Waals surface area contributed by atoms with Gasteiger partial charge in [0.1, 0.15) is 0 Å². The average Bonchev–Trinajstić information content (AvgIpc) is 2.77. The molecule has 8 nitrogen and oxygen atoms in total. The van der Waals surface area contributed by atoms with Crippen LogP contribution in [0.4, 0.5) is 0 Å². The van der Waals surface area contributed by atoms with Gasteiger partial charge in [-0.15, -0.1) is 0 Å². The van der Waals surface area contributed by atoms with E-state index in [0.717, 1.165) is 19.5 Å². The number of hydrogen-bond donors (Lipinski definition) is 3. The van der Waals surface area contributed by atoms with E-state index in [1.165, 1.54) is 5.56 Å². The molecule has 0 saturated carbocycles. The summed E-state index contributed by atoms with van der Waals surface area (Å²) in [4.78, 5) is 23.3. The van der Waals surface area contributed by atoms with E-state index in [2.05, 4.69) is 40.6 Å². The van der Waals surface area contributed by atoms with Gasteiger partial charge in [-0.1, -0.05) is 30.3 Å². The van der Waals surface area contributed by atoms with Gasteiger partial charge >= 0.3 is 11.9 Å². The van der Waals surface area contributed by atoms with Gasteiger partial charge in [0.15, 0.2) is 5.75 Å². The summed E-state index contributed by atoms with van der Waals surface area (Å²) in [6.07, 6.45) is 3.97. The number of carboxylic acid groups (broad SMARTS) is 2. The van der Waals surface area contributed by atoms with Crippen molar-refractivity contribution < 1.29 is 29.3 Å². The number of piperidine rings is 1. The maximum Gasteiger partial charge on any atom is 0.328 e. The van der Waals surface area contributed by atoms with Crippen molar-refractivity contribution in [3.05, 3.63) is 66.4 Å². The molecular formula is C22H26N2O6. The number of aromatic nitrogens is 1. The molecule has 2 heterocycles. The van der Waals surface area contributed by atoms with Gasteiger partial charge in [-0.05, 0) is 36.6 Å². The summed E-state index contributed by atoms with van der Waals surface area (Å²) in [5, 5.41) is 19.1. The first-order chi connectivity index (χ1) is 14.5. The zero-order valence-corrected chi connectivity index (χ0v) is 16.7. The zero-order chi connectivity index (χ0) is 21.8. The lowest BCUT2D eigenvalue weighted by Crippen LogP contribution is -2.38. The minimum atomic E-state index is -1.26. The Balaban J connectivity index is 0.000000343. The monoisotopic (exact) mass is 414 g/mol. The van der Waals surface area contributed by atoms with Crippen molar-refractivity contribution in [3.63, 3.8) is 0 Å². The van der Waals surface area contributed by atoms with Crippen molar-refractivity contribution in [2.45, 2.75) is 12.3 Å². The van der Waals surface area contributed by atoms with Crippen molar-refractivity contribution in [2.24, 2.45) is 5.92 Å². The number of carbonyl (C=O) groups is 2. The molecule has 0 radical (unpaired) electrons. The number of hydrogen-bond acceptors (Lipinski definition) is 6. The molecular weight excluding hydrogens is 388 g/mol. The summed E-state index contributed by atoms with van der Waals surface area (Å²) in [7, 11) is 1.62. The van der Waals surface area contributed by atoms with Crippen LogP contribution in [0.1, 0.15) is 17.9 Å². The number of rotatable bonds is 7. The molecule has 8 heteroatoms. The lowest BCUT2D eigenvalue weighted by Gasteiger charge is -2.32. The van der Waals surface area contributed by atoms with Crippen LogP contribution in [0.3, 0.4) is 0 Å². The third-order valence-corrected chi connectivity index (χ3v) is 4.59. The summed E-state index contributed by atoms with van der Waals surface area (Å²) in [6.45, 7) is 2.70. The van der Waals surface area contributed by atoms with Gasteiger partial charge in [-0.25, -0.2) is 14.6 Å². The first-order valence-electron chi connectivity index (χ1n) is 9.52. The van der Waals surface area contributed by atoms with Crippen molar-refractivity contribution in [1.82, 2.24) is 10.3 Å². The Morgan fingerprint density at radius 1 is 1.13 bits per heavy atom. The van der Waals surface area contributed by atoms with Crippen LogP contribution in [0, 0.1) is 5.92 Å². The number of nitrogens with one attached hydrogen (secondary N) is 1. The first kappa shape index (κ1) is 22.9. The lowest BCUT2D eigenvalue weighted by molar-refractivity contribution is -0.134. The van der Waals surface area contributed by atoms with Gasteiger partial charge < -0.3 is 25.0 Å². The predicted octanol–water partition coefficient (Wildman–Crippen LogP) is 2.57. The molecule has 1 aromatic carbocycles. The second-order valence-corrected chi connectivity index (χ2v) is 6.60. The van der Waals surface area contributed by atoms with E-state index < -0.39 is 11.9 Å². The Hall–Kier alpha value is -3.39. The summed E-state index contributed by atoms with van der Waals surface area (Å²) in [5.41, 5.74) is 1.40. The molecule has 0 amide bonds. The van der Waals surface area contributed by atoms with Crippen LogP contribution >= 0.6 is 0 Å². The Bertz CT molecular complexity index is 825. The van der Waals surface area contributed by atoms with E-state index in [4.69, 9.17) is 19.7 Å². The molecule has 1 aliphatic heterocycles.